The van der Waals surface area contributed by atoms with Gasteiger partial charge in [-0.05, 0) is 30.5 Å². The van der Waals surface area contributed by atoms with E-state index < -0.39 is 7.92 Å². The quantitative estimate of drug-likeness (QED) is 0.285. The number of imidazole rings is 1. The molecule has 4 aromatic rings. The molecule has 0 fully saturated rings. The third kappa shape index (κ3) is 4.03. The van der Waals surface area contributed by atoms with E-state index in [1.807, 2.05) is 41.9 Å². The second-order valence-electron chi connectivity index (χ2n) is 7.32. The van der Waals surface area contributed by atoms with Gasteiger partial charge in [-0.25, -0.2) is 14.4 Å². The van der Waals surface area contributed by atoms with Crippen LogP contribution in [0.3, 0.4) is 0 Å². The molecule has 7 nitrogen and oxygen atoms in total. The topological polar surface area (TPSA) is 95.7 Å². The number of aromatic nitrogens is 5. The first-order valence-corrected chi connectivity index (χ1v) is 11.9. The minimum absolute atomic E-state index is 0.110. The Morgan fingerprint density at radius 2 is 2.03 bits per heavy atom. The molecule has 4 rings (SSSR count). The number of rotatable bonds is 5. The van der Waals surface area contributed by atoms with E-state index in [1.54, 1.807) is 12.3 Å². The third-order valence-electron chi connectivity index (χ3n) is 5.40. The lowest BCUT2D eigenvalue weighted by Gasteiger charge is -2.16. The molecule has 2 unspecified atom stereocenters. The average molecular weight is 435 g/mol. The highest BCUT2D eigenvalue weighted by Gasteiger charge is 2.18. The summed E-state index contributed by atoms with van der Waals surface area (Å²) in [5.41, 5.74) is 2.55. The normalized spacial score (nSPS) is 13.3. The summed E-state index contributed by atoms with van der Waals surface area (Å²) in [5, 5.41) is 22.0. The summed E-state index contributed by atoms with van der Waals surface area (Å²) < 4.78 is 17.7. The van der Waals surface area contributed by atoms with Gasteiger partial charge in [-0.3, -0.25) is 10.8 Å². The smallest absolute Gasteiger partial charge is 0.244 e. The molecule has 31 heavy (non-hydrogen) atoms. The van der Waals surface area contributed by atoms with E-state index in [1.165, 1.54) is 16.9 Å². The lowest BCUT2D eigenvalue weighted by atomic mass is 10.0. The fourth-order valence-electron chi connectivity index (χ4n) is 3.34. The van der Waals surface area contributed by atoms with Crippen LogP contribution in [0.5, 0.6) is 0 Å². The van der Waals surface area contributed by atoms with Crippen LogP contribution in [0.25, 0.3) is 16.9 Å². The molecule has 158 valence electrons. The molecule has 3 aromatic heterocycles. The molecule has 1 aromatic carbocycles. The van der Waals surface area contributed by atoms with E-state index in [2.05, 4.69) is 28.7 Å². The van der Waals surface area contributed by atoms with Gasteiger partial charge in [0.1, 0.15) is 23.0 Å². The third-order valence-corrected chi connectivity index (χ3v) is 7.53. The lowest BCUT2D eigenvalue weighted by Crippen LogP contribution is -2.34. The van der Waals surface area contributed by atoms with Crippen molar-refractivity contribution in [3.05, 3.63) is 72.1 Å². The van der Waals surface area contributed by atoms with Gasteiger partial charge < -0.3 is 4.40 Å². The van der Waals surface area contributed by atoms with Crippen LogP contribution in [0.4, 0.5) is 4.39 Å². The molecular weight excluding hydrogens is 412 g/mol. The number of benzene rings is 1. The van der Waals surface area contributed by atoms with Crippen molar-refractivity contribution in [1.82, 2.24) is 24.1 Å². The number of hydrogen-bond acceptors (Lipinski definition) is 5. The van der Waals surface area contributed by atoms with Gasteiger partial charge in [0, 0.05) is 35.4 Å². The SMILES string of the molecule is CCP(C)c1ccc(-c2cnc(=N)n(C(=N)C(C)c3ccc4nccn4c3)n2)cc1F. The number of nitrogens with one attached hydrogen (secondary N) is 2. The van der Waals surface area contributed by atoms with E-state index in [-0.39, 0.29) is 23.2 Å². The highest BCUT2D eigenvalue weighted by Crippen LogP contribution is 2.31. The van der Waals surface area contributed by atoms with E-state index >= 15 is 0 Å². The van der Waals surface area contributed by atoms with E-state index in [4.69, 9.17) is 10.8 Å². The molecule has 0 aliphatic heterocycles. The second kappa shape index (κ2) is 8.47. The van der Waals surface area contributed by atoms with Crippen molar-refractivity contribution >= 4 is 24.7 Å². The summed E-state index contributed by atoms with van der Waals surface area (Å²) in [6.45, 7) is 5.99. The Hall–Kier alpha value is -3.25. The van der Waals surface area contributed by atoms with Gasteiger partial charge in [0.2, 0.25) is 5.62 Å². The summed E-state index contributed by atoms with van der Waals surface area (Å²) in [6.07, 6.45) is 7.83. The number of fused-ring (bicyclic) bond motifs is 1. The Labute approximate surface area is 180 Å². The predicted molar refractivity (Wildman–Crippen MR) is 121 cm³/mol. The number of nitrogens with zero attached hydrogens (tertiary/aromatic N) is 5. The summed E-state index contributed by atoms with van der Waals surface area (Å²) in [7, 11) is -0.528. The Morgan fingerprint density at radius 1 is 1.23 bits per heavy atom. The fourth-order valence-corrected chi connectivity index (χ4v) is 4.44. The Balaban J connectivity index is 1.68. The molecule has 0 aliphatic rings. The maximum absolute atomic E-state index is 14.6. The zero-order valence-corrected chi connectivity index (χ0v) is 18.4. The Bertz CT molecular complexity index is 1330. The molecule has 0 radical (unpaired) electrons. The number of hydrogen-bond donors (Lipinski definition) is 2. The van der Waals surface area contributed by atoms with Crippen molar-refractivity contribution in [2.45, 2.75) is 19.8 Å². The summed E-state index contributed by atoms with van der Waals surface area (Å²) in [4.78, 5) is 8.32. The van der Waals surface area contributed by atoms with E-state index in [9.17, 15) is 4.39 Å². The minimum atomic E-state index is -0.528. The summed E-state index contributed by atoms with van der Waals surface area (Å²) >= 11 is 0. The first kappa shape index (κ1) is 21.0. The zero-order valence-electron chi connectivity index (χ0n) is 17.5. The van der Waals surface area contributed by atoms with Crippen LogP contribution in [0, 0.1) is 16.6 Å². The first-order valence-electron chi connectivity index (χ1n) is 9.92. The molecule has 0 bridgehead atoms. The maximum atomic E-state index is 14.6. The lowest BCUT2D eigenvalue weighted by molar-refractivity contribution is 0.636. The van der Waals surface area contributed by atoms with Crippen LogP contribution in [0.2, 0.25) is 0 Å². The summed E-state index contributed by atoms with van der Waals surface area (Å²) in [6, 6.07) is 8.88. The monoisotopic (exact) mass is 435 g/mol. The molecule has 0 saturated carbocycles. The van der Waals surface area contributed by atoms with Crippen LogP contribution in [0.1, 0.15) is 25.3 Å². The van der Waals surface area contributed by atoms with Crippen molar-refractivity contribution in [1.29, 1.82) is 10.8 Å². The van der Waals surface area contributed by atoms with Crippen molar-refractivity contribution < 1.29 is 4.39 Å². The van der Waals surface area contributed by atoms with Crippen molar-refractivity contribution in [3.8, 4) is 11.3 Å². The van der Waals surface area contributed by atoms with Gasteiger partial charge in [-0.15, -0.1) is 0 Å². The fraction of sp³-hybridized carbons (Fsp3) is 0.227. The predicted octanol–water partition coefficient (Wildman–Crippen LogP) is 3.60. The number of halogens is 1. The second-order valence-corrected chi connectivity index (χ2v) is 9.83. The molecule has 9 heteroatoms. The molecule has 3 heterocycles. The highest BCUT2D eigenvalue weighted by atomic mass is 31.1. The van der Waals surface area contributed by atoms with Gasteiger partial charge in [-0.2, -0.15) is 9.78 Å². The maximum Gasteiger partial charge on any atom is 0.244 e. The Kier molecular flexibility index (Phi) is 5.74. The van der Waals surface area contributed by atoms with Gasteiger partial charge in [0.15, 0.2) is 0 Å². The molecular formula is C22H23FN7P. The molecule has 0 amide bonds. The van der Waals surface area contributed by atoms with E-state index in [0.717, 1.165) is 22.7 Å². The molecule has 0 aliphatic carbocycles. The van der Waals surface area contributed by atoms with Gasteiger partial charge in [0.05, 0.1) is 6.20 Å². The van der Waals surface area contributed by atoms with Gasteiger partial charge in [0.25, 0.3) is 0 Å². The summed E-state index contributed by atoms with van der Waals surface area (Å²) in [5.74, 6) is -0.481. The van der Waals surface area contributed by atoms with Crippen LogP contribution < -0.4 is 10.9 Å². The Morgan fingerprint density at radius 3 is 2.77 bits per heavy atom. The van der Waals surface area contributed by atoms with Crippen LogP contribution >= 0.6 is 7.92 Å². The van der Waals surface area contributed by atoms with E-state index in [0.29, 0.717) is 11.3 Å². The van der Waals surface area contributed by atoms with Crippen LogP contribution in [0.15, 0.2) is 55.1 Å². The van der Waals surface area contributed by atoms with Crippen LogP contribution in [-0.4, -0.2) is 42.8 Å². The van der Waals surface area contributed by atoms with Gasteiger partial charge in [-0.1, -0.05) is 40.0 Å². The van der Waals surface area contributed by atoms with Crippen molar-refractivity contribution in [2.24, 2.45) is 0 Å². The largest absolute Gasteiger partial charge is 0.307 e. The van der Waals surface area contributed by atoms with Crippen molar-refractivity contribution in [2.75, 3.05) is 12.8 Å². The van der Waals surface area contributed by atoms with Crippen molar-refractivity contribution in [3.63, 3.8) is 0 Å². The molecule has 2 atom stereocenters. The molecule has 0 spiro atoms. The first-order chi connectivity index (χ1) is 14.9. The minimum Gasteiger partial charge on any atom is -0.307 e. The number of pyridine rings is 1. The average Bonchev–Trinajstić information content (AvgIpc) is 3.25. The highest BCUT2D eigenvalue weighted by molar-refractivity contribution is 7.64. The molecule has 0 saturated heterocycles. The standard InChI is InChI=1S/C22H23FN7P/c1-4-31(3)19-7-5-15(11-17(19)23)18-12-27-22(25)30(28-18)21(24)14(2)16-6-8-20-26-9-10-29(20)13-16/h5-14,24-25H,4H2,1-3H3. The molecule has 2 N–H and O–H groups in total. The van der Waals surface area contributed by atoms with Crippen LogP contribution in [-0.2, 0) is 0 Å². The van der Waals surface area contributed by atoms with Gasteiger partial charge >= 0.3 is 0 Å². The zero-order chi connectivity index (χ0) is 22.1.